The van der Waals surface area contributed by atoms with Crippen LogP contribution in [0.5, 0.6) is 11.5 Å². The van der Waals surface area contributed by atoms with E-state index in [1.807, 2.05) is 36.0 Å². The maximum Gasteiger partial charge on any atom is 0.119 e. The molecule has 0 amide bonds. The molecule has 20 heavy (non-hydrogen) atoms. The molecule has 0 saturated heterocycles. The van der Waals surface area contributed by atoms with Crippen molar-refractivity contribution in [2.45, 2.75) is 13.0 Å². The van der Waals surface area contributed by atoms with E-state index in [4.69, 9.17) is 9.47 Å². The van der Waals surface area contributed by atoms with Gasteiger partial charge in [-0.15, -0.1) is 0 Å². The molecule has 0 heterocycles. The summed E-state index contributed by atoms with van der Waals surface area (Å²) in [6.45, 7) is 3.95. The van der Waals surface area contributed by atoms with Gasteiger partial charge in [-0.2, -0.15) is 11.8 Å². The Kier molecular flexibility index (Phi) is 8.49. The zero-order valence-corrected chi connectivity index (χ0v) is 13.3. The predicted molar refractivity (Wildman–Crippen MR) is 84.9 cm³/mol. The van der Waals surface area contributed by atoms with Crippen LogP contribution in [0.4, 0.5) is 0 Å². The Morgan fingerprint density at radius 2 is 1.85 bits per heavy atom. The van der Waals surface area contributed by atoms with E-state index >= 15 is 0 Å². The summed E-state index contributed by atoms with van der Waals surface area (Å²) in [5, 5.41) is 13.1. The number of rotatable bonds is 10. The van der Waals surface area contributed by atoms with Crippen LogP contribution in [0.2, 0.25) is 0 Å². The van der Waals surface area contributed by atoms with Crippen LogP contribution < -0.4 is 14.8 Å². The summed E-state index contributed by atoms with van der Waals surface area (Å²) in [6, 6.07) is 7.34. The molecule has 0 aromatic heterocycles. The SMILES string of the molecule is COc1ccc(OCC(O)CNCC(C)CSC)cc1. The number of aliphatic hydroxyl groups is 1. The minimum absolute atomic E-state index is 0.288. The first kappa shape index (κ1) is 17.1. The highest BCUT2D eigenvalue weighted by Gasteiger charge is 2.07. The maximum atomic E-state index is 9.84. The first-order valence-corrected chi connectivity index (χ1v) is 8.19. The van der Waals surface area contributed by atoms with Crippen LogP contribution in [0, 0.1) is 5.92 Å². The Hall–Kier alpha value is -0.910. The molecule has 2 atom stereocenters. The molecule has 0 aliphatic carbocycles. The monoisotopic (exact) mass is 299 g/mol. The smallest absolute Gasteiger partial charge is 0.119 e. The van der Waals surface area contributed by atoms with Crippen molar-refractivity contribution >= 4 is 11.8 Å². The Morgan fingerprint density at radius 1 is 1.20 bits per heavy atom. The van der Waals surface area contributed by atoms with Crippen LogP contribution >= 0.6 is 11.8 Å². The van der Waals surface area contributed by atoms with Crippen LogP contribution in [-0.4, -0.2) is 50.0 Å². The lowest BCUT2D eigenvalue weighted by Gasteiger charge is -2.15. The molecule has 1 rings (SSSR count). The molecule has 114 valence electrons. The molecule has 0 aliphatic heterocycles. The van der Waals surface area contributed by atoms with Crippen molar-refractivity contribution in [2.75, 3.05) is 38.8 Å². The van der Waals surface area contributed by atoms with Crippen molar-refractivity contribution in [2.24, 2.45) is 5.92 Å². The molecular formula is C15H25NO3S. The summed E-state index contributed by atoms with van der Waals surface area (Å²) < 4.78 is 10.6. The van der Waals surface area contributed by atoms with E-state index in [1.165, 1.54) is 0 Å². The number of aliphatic hydroxyl groups excluding tert-OH is 1. The molecule has 0 bridgehead atoms. The first-order valence-electron chi connectivity index (χ1n) is 6.80. The lowest BCUT2D eigenvalue weighted by molar-refractivity contribution is 0.106. The molecule has 5 heteroatoms. The molecule has 0 saturated carbocycles. The molecular weight excluding hydrogens is 274 g/mol. The Morgan fingerprint density at radius 3 is 2.45 bits per heavy atom. The van der Waals surface area contributed by atoms with E-state index in [1.54, 1.807) is 7.11 Å². The van der Waals surface area contributed by atoms with Gasteiger partial charge in [-0.1, -0.05) is 6.92 Å². The number of nitrogens with one attached hydrogen (secondary N) is 1. The van der Waals surface area contributed by atoms with Crippen LogP contribution in [0.25, 0.3) is 0 Å². The van der Waals surface area contributed by atoms with E-state index < -0.39 is 6.10 Å². The van der Waals surface area contributed by atoms with Crippen LogP contribution in [0.3, 0.4) is 0 Å². The molecule has 2 N–H and O–H groups in total. The van der Waals surface area contributed by atoms with Crippen molar-refractivity contribution in [3.63, 3.8) is 0 Å². The average Bonchev–Trinajstić information content (AvgIpc) is 2.46. The number of hydrogen-bond donors (Lipinski definition) is 2. The summed E-state index contributed by atoms with van der Waals surface area (Å²) in [4.78, 5) is 0. The number of thioether (sulfide) groups is 1. The summed E-state index contributed by atoms with van der Waals surface area (Å²) >= 11 is 1.84. The zero-order chi connectivity index (χ0) is 14.8. The second-order valence-corrected chi connectivity index (χ2v) is 5.77. The Bertz CT molecular complexity index is 359. The van der Waals surface area contributed by atoms with Gasteiger partial charge in [-0.05, 0) is 48.7 Å². The number of hydrogen-bond acceptors (Lipinski definition) is 5. The van der Waals surface area contributed by atoms with Crippen molar-refractivity contribution in [1.29, 1.82) is 0 Å². The van der Waals surface area contributed by atoms with Crippen molar-refractivity contribution in [3.8, 4) is 11.5 Å². The second-order valence-electron chi connectivity index (χ2n) is 4.86. The summed E-state index contributed by atoms with van der Waals surface area (Å²) in [5.74, 6) is 3.27. The quantitative estimate of drug-likeness (QED) is 0.692. The van der Waals surface area contributed by atoms with Crippen LogP contribution in [-0.2, 0) is 0 Å². The average molecular weight is 299 g/mol. The second kappa shape index (κ2) is 9.91. The van der Waals surface area contributed by atoms with Gasteiger partial charge in [0.05, 0.1) is 7.11 Å². The number of benzene rings is 1. The van der Waals surface area contributed by atoms with E-state index in [-0.39, 0.29) is 6.61 Å². The van der Waals surface area contributed by atoms with Gasteiger partial charge in [0.1, 0.15) is 24.2 Å². The Balaban J connectivity index is 2.17. The van der Waals surface area contributed by atoms with Gasteiger partial charge in [-0.3, -0.25) is 0 Å². The fourth-order valence-electron chi connectivity index (χ4n) is 1.76. The molecule has 0 radical (unpaired) electrons. The standard InChI is InChI=1S/C15H25NO3S/c1-12(11-20-3)8-16-9-13(17)10-19-15-6-4-14(18-2)5-7-15/h4-7,12-13,16-17H,8-11H2,1-3H3. The third-order valence-corrected chi connectivity index (χ3v) is 3.73. The lowest BCUT2D eigenvalue weighted by Crippen LogP contribution is -2.34. The minimum Gasteiger partial charge on any atom is -0.497 e. The highest BCUT2D eigenvalue weighted by molar-refractivity contribution is 7.98. The van der Waals surface area contributed by atoms with Gasteiger partial charge in [-0.25, -0.2) is 0 Å². The molecule has 0 spiro atoms. The van der Waals surface area contributed by atoms with Crippen molar-refractivity contribution in [3.05, 3.63) is 24.3 Å². The highest BCUT2D eigenvalue weighted by Crippen LogP contribution is 2.16. The molecule has 0 aliphatic rings. The van der Waals surface area contributed by atoms with Crippen molar-refractivity contribution in [1.82, 2.24) is 5.32 Å². The third-order valence-electron chi connectivity index (χ3n) is 2.83. The van der Waals surface area contributed by atoms with E-state index in [2.05, 4.69) is 18.5 Å². The lowest BCUT2D eigenvalue weighted by atomic mass is 10.2. The fraction of sp³-hybridized carbons (Fsp3) is 0.600. The van der Waals surface area contributed by atoms with Gasteiger partial charge < -0.3 is 19.9 Å². The maximum absolute atomic E-state index is 9.84. The fourth-order valence-corrected chi connectivity index (χ4v) is 2.45. The third kappa shape index (κ3) is 7.03. The Labute approximate surface area is 125 Å². The van der Waals surface area contributed by atoms with Crippen LogP contribution in [0.15, 0.2) is 24.3 Å². The number of methoxy groups -OCH3 is 1. The predicted octanol–water partition coefficient (Wildman–Crippen LogP) is 2.02. The van der Waals surface area contributed by atoms with Crippen molar-refractivity contribution < 1.29 is 14.6 Å². The normalized spacial score (nSPS) is 13.8. The topological polar surface area (TPSA) is 50.7 Å². The van der Waals surface area contributed by atoms with E-state index in [9.17, 15) is 5.11 Å². The van der Waals surface area contributed by atoms with E-state index in [0.717, 1.165) is 23.8 Å². The molecule has 2 unspecified atom stereocenters. The highest BCUT2D eigenvalue weighted by atomic mass is 32.2. The van der Waals surface area contributed by atoms with Gasteiger partial charge in [0.2, 0.25) is 0 Å². The molecule has 0 fully saturated rings. The van der Waals surface area contributed by atoms with Gasteiger partial charge in [0.25, 0.3) is 0 Å². The summed E-state index contributed by atoms with van der Waals surface area (Å²) in [7, 11) is 1.63. The largest absolute Gasteiger partial charge is 0.497 e. The molecule has 4 nitrogen and oxygen atoms in total. The molecule has 1 aromatic rings. The van der Waals surface area contributed by atoms with E-state index in [0.29, 0.717) is 12.5 Å². The first-order chi connectivity index (χ1) is 9.65. The van der Waals surface area contributed by atoms with Crippen LogP contribution in [0.1, 0.15) is 6.92 Å². The van der Waals surface area contributed by atoms with Gasteiger partial charge >= 0.3 is 0 Å². The summed E-state index contributed by atoms with van der Waals surface area (Å²) in [6.07, 6.45) is 1.60. The zero-order valence-electron chi connectivity index (χ0n) is 12.5. The van der Waals surface area contributed by atoms with Gasteiger partial charge in [0.15, 0.2) is 0 Å². The summed E-state index contributed by atoms with van der Waals surface area (Å²) in [5.41, 5.74) is 0. The minimum atomic E-state index is -0.501. The van der Waals surface area contributed by atoms with Gasteiger partial charge in [0, 0.05) is 6.54 Å². The molecule has 1 aromatic carbocycles. The number of ether oxygens (including phenoxy) is 2.